The highest BCUT2D eigenvalue weighted by molar-refractivity contribution is 7.10. The Hall–Kier alpha value is -1.59. The fourth-order valence-electron chi connectivity index (χ4n) is 1.000. The maximum atomic E-state index is 11.4. The van der Waals surface area contributed by atoms with Crippen LogP contribution < -0.4 is 0 Å². The van der Waals surface area contributed by atoms with E-state index in [0.717, 1.165) is 9.75 Å². The van der Waals surface area contributed by atoms with Crippen LogP contribution in [-0.4, -0.2) is 15.8 Å². The molecular weight excluding hydrogens is 240 g/mol. The molecule has 2 heterocycles. The van der Waals surface area contributed by atoms with Gasteiger partial charge in [-0.2, -0.15) is 0 Å². The lowest BCUT2D eigenvalue weighted by Crippen LogP contribution is -1.83. The third-order valence-corrected chi connectivity index (χ3v) is 3.21. The van der Waals surface area contributed by atoms with Gasteiger partial charge in [-0.1, -0.05) is 0 Å². The molecule has 0 bridgehead atoms. The highest BCUT2D eigenvalue weighted by Gasteiger charge is 1.92. The van der Waals surface area contributed by atoms with Crippen molar-refractivity contribution in [1.29, 1.82) is 0 Å². The molecule has 0 spiro atoms. The van der Waals surface area contributed by atoms with Crippen LogP contribution in [0, 0.1) is 0 Å². The smallest absolute Gasteiger partial charge is 0.178 e. The van der Waals surface area contributed by atoms with E-state index < -0.39 is 0 Å². The van der Waals surface area contributed by atoms with Gasteiger partial charge in [-0.3, -0.25) is 14.8 Å². The van der Waals surface area contributed by atoms with Gasteiger partial charge in [0.15, 0.2) is 5.78 Å². The predicted octanol–water partition coefficient (Wildman–Crippen LogP) is 2.90. The number of carbonyl (C=O) groups excluding carboxylic acids is 1. The number of carbonyl (C=O) groups is 1. The number of hydrogen-bond donors (Lipinski definition) is 0. The topological polar surface area (TPSA) is 42.9 Å². The van der Waals surface area contributed by atoms with E-state index in [1.165, 1.54) is 34.8 Å². The Morgan fingerprint density at radius 3 is 1.88 bits per heavy atom. The summed E-state index contributed by atoms with van der Waals surface area (Å²) in [7, 11) is 0. The Morgan fingerprint density at radius 2 is 1.50 bits per heavy atom. The molecule has 0 aromatic carbocycles. The molecule has 0 fully saturated rings. The van der Waals surface area contributed by atoms with Gasteiger partial charge in [0.2, 0.25) is 0 Å². The minimum absolute atomic E-state index is 0.0400. The van der Waals surface area contributed by atoms with E-state index in [2.05, 4.69) is 9.97 Å². The normalized spacial score (nSPS) is 11.5. The van der Waals surface area contributed by atoms with Gasteiger partial charge in [-0.15, -0.1) is 22.7 Å². The van der Waals surface area contributed by atoms with Crippen molar-refractivity contribution in [2.24, 2.45) is 0 Å². The van der Waals surface area contributed by atoms with Gasteiger partial charge in [0, 0.05) is 22.1 Å². The van der Waals surface area contributed by atoms with Gasteiger partial charge in [-0.05, 0) is 24.3 Å². The van der Waals surface area contributed by atoms with Gasteiger partial charge in [0.1, 0.15) is 0 Å². The molecule has 2 aromatic rings. The van der Waals surface area contributed by atoms with Crippen molar-refractivity contribution in [2.75, 3.05) is 0 Å². The van der Waals surface area contributed by atoms with Crippen molar-refractivity contribution in [3.63, 3.8) is 0 Å². The molecular formula is C11H8N2OS2. The second-order valence-corrected chi connectivity index (χ2v) is 4.71. The summed E-state index contributed by atoms with van der Waals surface area (Å²) in [6.45, 7) is 0. The van der Waals surface area contributed by atoms with E-state index >= 15 is 0 Å². The minimum atomic E-state index is -0.0400. The van der Waals surface area contributed by atoms with E-state index in [0.29, 0.717) is 0 Å². The average Bonchev–Trinajstić information content (AvgIpc) is 2.96. The number of nitrogens with zero attached hydrogens (tertiary/aromatic N) is 2. The predicted molar refractivity (Wildman–Crippen MR) is 67.3 cm³/mol. The van der Waals surface area contributed by atoms with Crippen molar-refractivity contribution < 1.29 is 4.79 Å². The number of hydrogen-bond acceptors (Lipinski definition) is 5. The monoisotopic (exact) mass is 248 g/mol. The molecule has 0 aliphatic rings. The zero-order chi connectivity index (χ0) is 11.2. The van der Waals surface area contributed by atoms with Crippen LogP contribution in [0.1, 0.15) is 9.75 Å². The minimum Gasteiger partial charge on any atom is -0.290 e. The number of thiazole rings is 2. The van der Waals surface area contributed by atoms with E-state index in [1.807, 2.05) is 0 Å². The van der Waals surface area contributed by atoms with Gasteiger partial charge in [-0.25, -0.2) is 0 Å². The SMILES string of the molecule is O=C(/C=C/c1cncs1)/C=C/c1cncs1. The molecule has 0 amide bonds. The molecule has 3 nitrogen and oxygen atoms in total. The number of aromatic nitrogens is 2. The summed E-state index contributed by atoms with van der Waals surface area (Å²) in [5.41, 5.74) is 3.47. The highest BCUT2D eigenvalue weighted by atomic mass is 32.1. The molecule has 0 radical (unpaired) electrons. The van der Waals surface area contributed by atoms with Crippen LogP contribution in [0.5, 0.6) is 0 Å². The maximum absolute atomic E-state index is 11.4. The number of ketones is 1. The van der Waals surface area contributed by atoms with E-state index in [9.17, 15) is 4.79 Å². The molecule has 80 valence electrons. The highest BCUT2D eigenvalue weighted by Crippen LogP contribution is 2.09. The van der Waals surface area contributed by atoms with Crippen molar-refractivity contribution in [2.45, 2.75) is 0 Å². The Bertz CT molecular complexity index is 452. The first kappa shape index (κ1) is 10.9. The maximum Gasteiger partial charge on any atom is 0.178 e. The molecule has 0 saturated heterocycles. The van der Waals surface area contributed by atoms with Crippen LogP contribution in [0.4, 0.5) is 0 Å². The van der Waals surface area contributed by atoms with Gasteiger partial charge >= 0.3 is 0 Å². The van der Waals surface area contributed by atoms with Crippen LogP contribution in [0.15, 0.2) is 35.6 Å². The van der Waals surface area contributed by atoms with Crippen LogP contribution in [0.2, 0.25) is 0 Å². The molecule has 0 saturated carbocycles. The zero-order valence-corrected chi connectivity index (χ0v) is 9.87. The lowest BCUT2D eigenvalue weighted by atomic mass is 10.3. The first-order chi connectivity index (χ1) is 7.84. The molecule has 0 atom stereocenters. The standard InChI is InChI=1S/C11H8N2OS2/c14-9(1-3-10-5-12-7-15-10)2-4-11-6-13-8-16-11/h1-8H/b3-1+,4-2+. The first-order valence-corrected chi connectivity index (χ1v) is 6.27. The summed E-state index contributed by atoms with van der Waals surface area (Å²) in [5, 5.41) is 0. The molecule has 16 heavy (non-hydrogen) atoms. The van der Waals surface area contributed by atoms with Crippen molar-refractivity contribution >= 4 is 40.6 Å². The summed E-state index contributed by atoms with van der Waals surface area (Å²) in [5.74, 6) is -0.0400. The lowest BCUT2D eigenvalue weighted by Gasteiger charge is -1.83. The summed E-state index contributed by atoms with van der Waals surface area (Å²) in [6, 6.07) is 0. The Labute approximate surface area is 101 Å². The largest absolute Gasteiger partial charge is 0.290 e. The third kappa shape index (κ3) is 3.22. The second-order valence-electron chi connectivity index (χ2n) is 2.88. The Morgan fingerprint density at radius 1 is 1.00 bits per heavy atom. The quantitative estimate of drug-likeness (QED) is 0.781. The zero-order valence-electron chi connectivity index (χ0n) is 8.24. The molecule has 5 heteroatoms. The van der Waals surface area contributed by atoms with Gasteiger partial charge in [0.05, 0.1) is 11.0 Å². The number of allylic oxidation sites excluding steroid dienone is 2. The molecule has 2 rings (SSSR count). The Balaban J connectivity index is 1.94. The van der Waals surface area contributed by atoms with Crippen molar-refractivity contribution in [3.8, 4) is 0 Å². The number of rotatable bonds is 4. The van der Waals surface area contributed by atoms with Crippen LogP contribution in [-0.2, 0) is 4.79 Å². The summed E-state index contributed by atoms with van der Waals surface area (Å²) in [4.78, 5) is 21.2. The molecule has 0 unspecified atom stereocenters. The Kier molecular flexibility index (Phi) is 3.74. The second kappa shape index (κ2) is 5.48. The van der Waals surface area contributed by atoms with Crippen molar-refractivity contribution in [3.05, 3.63) is 45.3 Å². The van der Waals surface area contributed by atoms with Crippen molar-refractivity contribution in [1.82, 2.24) is 9.97 Å². The summed E-state index contributed by atoms with van der Waals surface area (Å²) >= 11 is 3.00. The molecule has 0 N–H and O–H groups in total. The average molecular weight is 248 g/mol. The van der Waals surface area contributed by atoms with Crippen LogP contribution in [0.25, 0.3) is 12.2 Å². The molecule has 0 aliphatic carbocycles. The lowest BCUT2D eigenvalue weighted by molar-refractivity contribution is -0.110. The summed E-state index contributed by atoms with van der Waals surface area (Å²) in [6.07, 6.45) is 10.0. The fraction of sp³-hybridized carbons (Fsp3) is 0. The summed E-state index contributed by atoms with van der Waals surface area (Å²) < 4.78 is 0. The van der Waals surface area contributed by atoms with E-state index in [1.54, 1.807) is 35.6 Å². The van der Waals surface area contributed by atoms with Gasteiger partial charge in [0.25, 0.3) is 0 Å². The molecule has 0 aliphatic heterocycles. The van der Waals surface area contributed by atoms with Gasteiger partial charge < -0.3 is 0 Å². The first-order valence-electron chi connectivity index (χ1n) is 4.52. The molecule has 2 aromatic heterocycles. The van der Waals surface area contributed by atoms with E-state index in [4.69, 9.17) is 0 Å². The van der Waals surface area contributed by atoms with Crippen LogP contribution >= 0.6 is 22.7 Å². The van der Waals surface area contributed by atoms with E-state index in [-0.39, 0.29) is 5.78 Å². The van der Waals surface area contributed by atoms with Crippen LogP contribution in [0.3, 0.4) is 0 Å². The fourth-order valence-corrected chi connectivity index (χ4v) is 2.02. The third-order valence-electron chi connectivity index (χ3n) is 1.73.